The molecule has 5 heteroatoms. The van der Waals surface area contributed by atoms with Crippen molar-refractivity contribution in [3.05, 3.63) is 59.5 Å². The van der Waals surface area contributed by atoms with Gasteiger partial charge in [0.25, 0.3) is 0 Å². The van der Waals surface area contributed by atoms with Gasteiger partial charge in [-0.25, -0.2) is 0 Å². The number of ether oxygens (including phenoxy) is 1. The molecule has 2 unspecified atom stereocenters. The van der Waals surface area contributed by atoms with Crippen molar-refractivity contribution in [1.82, 2.24) is 19.5 Å². The Morgan fingerprint density at radius 2 is 1.90 bits per heavy atom. The minimum absolute atomic E-state index is 0.118. The van der Waals surface area contributed by atoms with Gasteiger partial charge in [0.1, 0.15) is 17.7 Å². The lowest BCUT2D eigenvalue weighted by Gasteiger charge is -2.32. The average Bonchev–Trinajstić information content (AvgIpc) is 3.19. The summed E-state index contributed by atoms with van der Waals surface area (Å²) in [5.41, 5.74) is 3.74. The zero-order chi connectivity index (χ0) is 20.5. The molecule has 5 nitrogen and oxygen atoms in total. The van der Waals surface area contributed by atoms with Crippen molar-refractivity contribution in [3.8, 4) is 5.75 Å². The van der Waals surface area contributed by atoms with Gasteiger partial charge < -0.3 is 9.64 Å². The van der Waals surface area contributed by atoms with Crippen LogP contribution in [-0.2, 0) is 0 Å². The number of likely N-dealkylation sites (N-methyl/N-ethyl adjacent to an activating group) is 1. The van der Waals surface area contributed by atoms with E-state index in [4.69, 9.17) is 4.74 Å². The van der Waals surface area contributed by atoms with Crippen molar-refractivity contribution < 1.29 is 4.74 Å². The number of benzene rings is 1. The average molecular weight is 405 g/mol. The molecule has 1 aliphatic carbocycles. The monoisotopic (exact) mass is 404 g/mol. The predicted octanol–water partition coefficient (Wildman–Crippen LogP) is 5.34. The van der Waals surface area contributed by atoms with E-state index >= 15 is 0 Å². The Labute approximate surface area is 179 Å². The van der Waals surface area contributed by atoms with Crippen LogP contribution < -0.4 is 4.74 Å². The van der Waals surface area contributed by atoms with Gasteiger partial charge in [0.05, 0.1) is 6.20 Å². The van der Waals surface area contributed by atoms with E-state index in [-0.39, 0.29) is 6.10 Å². The summed E-state index contributed by atoms with van der Waals surface area (Å²) in [6.45, 7) is 4.49. The second-order valence-electron chi connectivity index (χ2n) is 9.05. The highest BCUT2D eigenvalue weighted by molar-refractivity contribution is 5.43. The molecule has 1 fully saturated rings. The van der Waals surface area contributed by atoms with Crippen molar-refractivity contribution in [2.24, 2.45) is 0 Å². The summed E-state index contributed by atoms with van der Waals surface area (Å²) in [5.74, 6) is 3.07. The summed E-state index contributed by atoms with van der Waals surface area (Å²) in [4.78, 5) is 2.39. The molecular formula is C25H32N4O. The molecule has 30 heavy (non-hydrogen) atoms. The topological polar surface area (TPSA) is 42.7 Å². The van der Waals surface area contributed by atoms with E-state index in [2.05, 4.69) is 63.9 Å². The molecule has 1 aliphatic heterocycles. The second kappa shape index (κ2) is 8.38. The van der Waals surface area contributed by atoms with E-state index < -0.39 is 0 Å². The SMILES string of the molecule is CCCC1CCC(Oc2ccc3nnc([C@@H]4CCCN(C)C4)n3c2)c2ccccc21. The van der Waals surface area contributed by atoms with Crippen molar-refractivity contribution in [3.63, 3.8) is 0 Å². The molecule has 0 radical (unpaired) electrons. The molecule has 1 saturated heterocycles. The summed E-state index contributed by atoms with van der Waals surface area (Å²) in [5, 5.41) is 8.95. The third-order valence-electron chi connectivity index (χ3n) is 6.87. The molecular weight excluding hydrogens is 372 g/mol. The van der Waals surface area contributed by atoms with Crippen LogP contribution in [0.3, 0.4) is 0 Å². The Bertz CT molecular complexity index is 1010. The van der Waals surface area contributed by atoms with Crippen LogP contribution in [0.4, 0.5) is 0 Å². The molecule has 1 aromatic carbocycles. The van der Waals surface area contributed by atoms with E-state index in [0.29, 0.717) is 11.8 Å². The highest BCUT2D eigenvalue weighted by Gasteiger charge is 2.28. The molecule has 0 bridgehead atoms. The van der Waals surface area contributed by atoms with E-state index in [9.17, 15) is 0 Å². The van der Waals surface area contributed by atoms with Crippen molar-refractivity contribution in [2.45, 2.75) is 63.4 Å². The number of aromatic nitrogens is 3. The molecule has 0 saturated carbocycles. The minimum atomic E-state index is 0.118. The summed E-state index contributed by atoms with van der Waals surface area (Å²) in [7, 11) is 2.19. The Balaban J connectivity index is 1.42. The highest BCUT2D eigenvalue weighted by atomic mass is 16.5. The van der Waals surface area contributed by atoms with Crippen LogP contribution in [-0.4, -0.2) is 39.6 Å². The Morgan fingerprint density at radius 1 is 1.03 bits per heavy atom. The Hall–Kier alpha value is -2.40. The maximum atomic E-state index is 6.56. The first-order valence-corrected chi connectivity index (χ1v) is 11.5. The number of hydrogen-bond donors (Lipinski definition) is 0. The number of hydrogen-bond acceptors (Lipinski definition) is 4. The zero-order valence-corrected chi connectivity index (χ0v) is 18.1. The molecule has 0 amide bonds. The fourth-order valence-electron chi connectivity index (χ4n) is 5.39. The molecule has 158 valence electrons. The fourth-order valence-corrected chi connectivity index (χ4v) is 5.39. The number of piperidine rings is 1. The maximum Gasteiger partial charge on any atom is 0.161 e. The molecule has 3 aromatic rings. The van der Waals surface area contributed by atoms with Gasteiger partial charge in [0.15, 0.2) is 5.65 Å². The third kappa shape index (κ3) is 3.71. The summed E-state index contributed by atoms with van der Waals surface area (Å²) in [6, 6.07) is 12.9. The standard InChI is InChI=1S/C25H32N4O/c1-3-7-18-11-13-23(22-10-5-4-9-21(18)22)30-20-12-14-24-26-27-25(29(24)17-20)19-8-6-15-28(2)16-19/h4-5,9-10,12,14,17-19,23H,3,6-8,11,13,15-16H2,1-2H3/t18?,19-,23?/m1/s1. The lowest BCUT2D eigenvalue weighted by atomic mass is 9.79. The first kappa shape index (κ1) is 19.6. The maximum absolute atomic E-state index is 6.56. The third-order valence-corrected chi connectivity index (χ3v) is 6.87. The largest absolute Gasteiger partial charge is 0.484 e. The van der Waals surface area contributed by atoms with Gasteiger partial charge >= 0.3 is 0 Å². The number of fused-ring (bicyclic) bond motifs is 2. The van der Waals surface area contributed by atoms with E-state index in [1.807, 2.05) is 12.1 Å². The van der Waals surface area contributed by atoms with Crippen molar-refractivity contribution >= 4 is 5.65 Å². The summed E-state index contributed by atoms with van der Waals surface area (Å²) >= 11 is 0. The van der Waals surface area contributed by atoms with Gasteiger partial charge in [0.2, 0.25) is 0 Å². The van der Waals surface area contributed by atoms with Crippen LogP contribution in [0, 0.1) is 0 Å². The smallest absolute Gasteiger partial charge is 0.161 e. The highest BCUT2D eigenvalue weighted by Crippen LogP contribution is 2.41. The van der Waals surface area contributed by atoms with Crippen molar-refractivity contribution in [1.29, 1.82) is 0 Å². The van der Waals surface area contributed by atoms with Gasteiger partial charge in [0, 0.05) is 12.5 Å². The first-order valence-electron chi connectivity index (χ1n) is 11.5. The Morgan fingerprint density at radius 3 is 2.73 bits per heavy atom. The van der Waals surface area contributed by atoms with E-state index in [1.165, 1.54) is 49.8 Å². The van der Waals surface area contributed by atoms with Crippen LogP contribution in [0.25, 0.3) is 5.65 Å². The van der Waals surface area contributed by atoms with Gasteiger partial charge in [-0.05, 0) is 74.9 Å². The van der Waals surface area contributed by atoms with Crippen LogP contribution >= 0.6 is 0 Å². The summed E-state index contributed by atoms with van der Waals surface area (Å²) in [6.07, 6.45) is 9.36. The number of likely N-dealkylation sites (tertiary alicyclic amines) is 1. The lowest BCUT2D eigenvalue weighted by Crippen LogP contribution is -2.31. The number of nitrogens with zero attached hydrogens (tertiary/aromatic N) is 4. The number of pyridine rings is 1. The van der Waals surface area contributed by atoms with Gasteiger partial charge in [-0.3, -0.25) is 4.40 Å². The molecule has 2 aliphatic rings. The van der Waals surface area contributed by atoms with Gasteiger partial charge in [-0.1, -0.05) is 37.6 Å². The fraction of sp³-hybridized carbons (Fsp3) is 0.520. The zero-order valence-electron chi connectivity index (χ0n) is 18.1. The van der Waals surface area contributed by atoms with Gasteiger partial charge in [-0.2, -0.15) is 0 Å². The molecule has 3 atom stereocenters. The van der Waals surface area contributed by atoms with Crippen LogP contribution in [0.1, 0.15) is 80.3 Å². The molecule has 5 rings (SSSR count). The predicted molar refractivity (Wildman–Crippen MR) is 119 cm³/mol. The van der Waals surface area contributed by atoms with E-state index in [0.717, 1.165) is 30.2 Å². The normalized spacial score (nSPS) is 24.7. The lowest BCUT2D eigenvalue weighted by molar-refractivity contribution is 0.174. The van der Waals surface area contributed by atoms with Crippen LogP contribution in [0.15, 0.2) is 42.6 Å². The first-order chi connectivity index (χ1) is 14.7. The number of rotatable bonds is 5. The quantitative estimate of drug-likeness (QED) is 0.576. The van der Waals surface area contributed by atoms with E-state index in [1.54, 1.807) is 0 Å². The van der Waals surface area contributed by atoms with Crippen LogP contribution in [0.2, 0.25) is 0 Å². The summed E-state index contributed by atoms with van der Waals surface area (Å²) < 4.78 is 8.71. The minimum Gasteiger partial charge on any atom is -0.484 e. The van der Waals surface area contributed by atoms with Gasteiger partial charge in [-0.15, -0.1) is 10.2 Å². The molecule has 3 heterocycles. The molecule has 0 N–H and O–H groups in total. The second-order valence-corrected chi connectivity index (χ2v) is 9.05. The Kier molecular flexibility index (Phi) is 5.47. The van der Waals surface area contributed by atoms with Crippen molar-refractivity contribution in [2.75, 3.05) is 20.1 Å². The molecule has 0 spiro atoms. The van der Waals surface area contributed by atoms with Crippen LogP contribution in [0.5, 0.6) is 5.75 Å². The molecule has 2 aromatic heterocycles.